The Morgan fingerprint density at radius 3 is 2.70 bits per heavy atom. The first-order chi connectivity index (χ1) is 10.9. The Bertz CT molecular complexity index is 652. The first-order valence-corrected chi connectivity index (χ1v) is 8.59. The number of carbonyl (C=O) groups excluding carboxylic acids is 3. The van der Waals surface area contributed by atoms with Crippen LogP contribution in [0, 0.1) is 11.3 Å². The molecule has 1 aliphatic carbocycles. The second-order valence-electron chi connectivity index (χ2n) is 6.09. The first-order valence-electron chi connectivity index (χ1n) is 7.80. The van der Waals surface area contributed by atoms with Crippen molar-refractivity contribution >= 4 is 33.5 Å². The van der Waals surface area contributed by atoms with Crippen molar-refractivity contribution in [2.24, 2.45) is 11.3 Å². The van der Waals surface area contributed by atoms with Gasteiger partial charge in [0.2, 0.25) is 0 Å². The number of carbonyl (C=O) groups is 3. The van der Waals surface area contributed by atoms with Crippen molar-refractivity contribution in [2.75, 3.05) is 7.11 Å². The van der Waals surface area contributed by atoms with Crippen LogP contribution in [0.1, 0.15) is 49.0 Å². The van der Waals surface area contributed by atoms with Crippen molar-refractivity contribution in [2.45, 2.75) is 39.5 Å². The molecule has 2 rings (SSSR count). The highest BCUT2D eigenvalue weighted by Gasteiger charge is 2.53. The minimum absolute atomic E-state index is 0.0511. The Morgan fingerprint density at radius 2 is 2.09 bits per heavy atom. The third-order valence-electron chi connectivity index (χ3n) is 4.82. The summed E-state index contributed by atoms with van der Waals surface area (Å²) in [6.45, 7) is 3.58. The fourth-order valence-electron chi connectivity index (χ4n) is 3.38. The molecule has 0 N–H and O–H groups in total. The van der Waals surface area contributed by atoms with E-state index in [1.165, 1.54) is 7.11 Å². The number of Topliss-reactive ketones (excluding diaryl/α,β-unsaturated/α-hetero) is 2. The Hall–Kier alpha value is -1.49. The van der Waals surface area contributed by atoms with E-state index in [1.807, 2.05) is 6.07 Å². The number of rotatable bonds is 5. The van der Waals surface area contributed by atoms with Crippen LogP contribution < -0.4 is 0 Å². The lowest BCUT2D eigenvalue weighted by atomic mass is 9.62. The normalized spacial score (nSPS) is 21.5. The second kappa shape index (κ2) is 6.95. The molecule has 0 unspecified atom stereocenters. The molecule has 4 nitrogen and oxygen atoms in total. The van der Waals surface area contributed by atoms with Crippen molar-refractivity contribution in [3.8, 4) is 0 Å². The molecule has 23 heavy (non-hydrogen) atoms. The summed E-state index contributed by atoms with van der Waals surface area (Å²) in [5.74, 6) is -1.09. The topological polar surface area (TPSA) is 60.4 Å². The van der Waals surface area contributed by atoms with Gasteiger partial charge in [-0.05, 0) is 42.5 Å². The van der Waals surface area contributed by atoms with Gasteiger partial charge in [-0.1, -0.05) is 29.8 Å². The number of hydrogen-bond donors (Lipinski definition) is 0. The molecule has 0 aromatic heterocycles. The maximum Gasteiger partial charge on any atom is 0.320 e. The number of ether oxygens (including phenoxy) is 1. The van der Waals surface area contributed by atoms with Gasteiger partial charge in [-0.2, -0.15) is 0 Å². The molecule has 0 heterocycles. The standard InChI is InChI=1S/C18H21BrO4/c1-4-14(20)9-11(2)18(17(22)23-3)8-7-12-10-13(19)5-6-15(12)16(18)21/h5-6,10-11H,4,7-9H2,1-3H3/t11-,18-/m0/s1. The second-order valence-corrected chi connectivity index (χ2v) is 7.01. The largest absolute Gasteiger partial charge is 0.468 e. The van der Waals surface area contributed by atoms with Gasteiger partial charge in [-0.15, -0.1) is 0 Å². The summed E-state index contributed by atoms with van der Waals surface area (Å²) >= 11 is 3.40. The molecule has 124 valence electrons. The lowest BCUT2D eigenvalue weighted by Gasteiger charge is -2.38. The molecule has 1 aliphatic rings. The molecule has 0 saturated carbocycles. The van der Waals surface area contributed by atoms with E-state index in [0.717, 1.165) is 10.0 Å². The number of benzene rings is 1. The number of halogens is 1. The number of fused-ring (bicyclic) bond motifs is 1. The van der Waals surface area contributed by atoms with Gasteiger partial charge in [0.15, 0.2) is 5.78 Å². The average Bonchev–Trinajstić information content (AvgIpc) is 2.54. The van der Waals surface area contributed by atoms with Gasteiger partial charge in [0, 0.05) is 22.9 Å². The maximum atomic E-state index is 13.1. The monoisotopic (exact) mass is 380 g/mol. The zero-order valence-electron chi connectivity index (χ0n) is 13.6. The van der Waals surface area contributed by atoms with Crippen LogP contribution in [0.5, 0.6) is 0 Å². The summed E-state index contributed by atoms with van der Waals surface area (Å²) in [4.78, 5) is 37.5. The SMILES string of the molecule is CCC(=O)C[C@H](C)[C@@]1(C(=O)OC)CCc2cc(Br)ccc2C1=O. The van der Waals surface area contributed by atoms with Gasteiger partial charge >= 0.3 is 5.97 Å². The molecule has 0 spiro atoms. The van der Waals surface area contributed by atoms with Gasteiger partial charge in [0.1, 0.15) is 11.2 Å². The van der Waals surface area contributed by atoms with Crippen LogP contribution in [0.25, 0.3) is 0 Å². The van der Waals surface area contributed by atoms with E-state index in [9.17, 15) is 14.4 Å². The van der Waals surface area contributed by atoms with Gasteiger partial charge in [0.05, 0.1) is 7.11 Å². The molecule has 2 atom stereocenters. The van der Waals surface area contributed by atoms with E-state index < -0.39 is 11.4 Å². The molecule has 0 bridgehead atoms. The Kier molecular flexibility index (Phi) is 5.40. The van der Waals surface area contributed by atoms with Crippen LogP contribution in [0.2, 0.25) is 0 Å². The van der Waals surface area contributed by atoms with Crippen LogP contribution in [0.15, 0.2) is 22.7 Å². The van der Waals surface area contributed by atoms with Gasteiger partial charge in [-0.3, -0.25) is 14.4 Å². The fraction of sp³-hybridized carbons (Fsp3) is 0.500. The average molecular weight is 381 g/mol. The highest BCUT2D eigenvalue weighted by atomic mass is 79.9. The van der Waals surface area contributed by atoms with Crippen molar-refractivity contribution in [1.29, 1.82) is 0 Å². The number of hydrogen-bond acceptors (Lipinski definition) is 4. The summed E-state index contributed by atoms with van der Waals surface area (Å²) in [5.41, 5.74) is 0.221. The quantitative estimate of drug-likeness (QED) is 0.576. The fourth-order valence-corrected chi connectivity index (χ4v) is 3.79. The van der Waals surface area contributed by atoms with Gasteiger partial charge < -0.3 is 4.74 Å². The first kappa shape index (κ1) is 17.9. The number of esters is 1. The van der Waals surface area contributed by atoms with Crippen LogP contribution in [-0.4, -0.2) is 24.6 Å². The summed E-state index contributed by atoms with van der Waals surface area (Å²) in [7, 11) is 1.29. The molecule has 1 aromatic rings. The van der Waals surface area contributed by atoms with E-state index in [4.69, 9.17) is 4.74 Å². The van der Waals surface area contributed by atoms with E-state index in [2.05, 4.69) is 15.9 Å². The molecule has 5 heteroatoms. The Morgan fingerprint density at radius 1 is 1.39 bits per heavy atom. The summed E-state index contributed by atoms with van der Waals surface area (Å²) in [5, 5.41) is 0. The number of aryl methyl sites for hydroxylation is 1. The van der Waals surface area contributed by atoms with Crippen molar-refractivity contribution in [3.63, 3.8) is 0 Å². The predicted octanol–water partition coefficient (Wildman–Crippen LogP) is 3.74. The number of ketones is 2. The van der Waals surface area contributed by atoms with Crippen LogP contribution in [0.3, 0.4) is 0 Å². The Balaban J connectivity index is 2.48. The Labute approximate surface area is 144 Å². The summed E-state index contributed by atoms with van der Waals surface area (Å²) in [6.07, 6.45) is 1.60. The van der Waals surface area contributed by atoms with E-state index in [0.29, 0.717) is 24.8 Å². The lowest BCUT2D eigenvalue weighted by Crippen LogP contribution is -2.49. The summed E-state index contributed by atoms with van der Waals surface area (Å²) in [6, 6.07) is 5.45. The third-order valence-corrected chi connectivity index (χ3v) is 5.32. The number of methoxy groups -OCH3 is 1. The van der Waals surface area contributed by atoms with Crippen molar-refractivity contribution < 1.29 is 19.1 Å². The minimum atomic E-state index is -1.26. The molecule has 1 aromatic carbocycles. The van der Waals surface area contributed by atoms with Gasteiger partial charge in [-0.25, -0.2) is 0 Å². The highest BCUT2D eigenvalue weighted by molar-refractivity contribution is 9.10. The molecule has 0 radical (unpaired) electrons. The smallest absolute Gasteiger partial charge is 0.320 e. The van der Waals surface area contributed by atoms with Crippen LogP contribution >= 0.6 is 15.9 Å². The highest BCUT2D eigenvalue weighted by Crippen LogP contribution is 2.44. The zero-order valence-corrected chi connectivity index (χ0v) is 15.2. The lowest BCUT2D eigenvalue weighted by molar-refractivity contribution is -0.153. The summed E-state index contributed by atoms with van der Waals surface area (Å²) < 4.78 is 5.86. The maximum absolute atomic E-state index is 13.1. The molecule has 0 saturated heterocycles. The predicted molar refractivity (Wildman–Crippen MR) is 90.3 cm³/mol. The zero-order chi connectivity index (χ0) is 17.2. The third kappa shape index (κ3) is 3.11. The van der Waals surface area contributed by atoms with E-state index in [1.54, 1.807) is 26.0 Å². The van der Waals surface area contributed by atoms with Gasteiger partial charge in [0.25, 0.3) is 0 Å². The van der Waals surface area contributed by atoms with Crippen molar-refractivity contribution in [1.82, 2.24) is 0 Å². The van der Waals surface area contributed by atoms with E-state index in [-0.39, 0.29) is 23.9 Å². The van der Waals surface area contributed by atoms with Crippen molar-refractivity contribution in [3.05, 3.63) is 33.8 Å². The molecule has 0 amide bonds. The molecular formula is C18H21BrO4. The molecule has 0 fully saturated rings. The molecular weight excluding hydrogens is 360 g/mol. The van der Waals surface area contributed by atoms with E-state index >= 15 is 0 Å². The van der Waals surface area contributed by atoms with Crippen LogP contribution in [-0.2, 0) is 20.7 Å². The molecule has 0 aliphatic heterocycles. The van der Waals surface area contributed by atoms with Crippen LogP contribution in [0.4, 0.5) is 0 Å². The minimum Gasteiger partial charge on any atom is -0.468 e.